The van der Waals surface area contributed by atoms with Crippen molar-refractivity contribution >= 4 is 48.0 Å². The van der Waals surface area contributed by atoms with Crippen molar-refractivity contribution in [1.29, 1.82) is 0 Å². The molecule has 3 aromatic rings. The molecule has 0 radical (unpaired) electrons. The van der Waals surface area contributed by atoms with Gasteiger partial charge >= 0.3 is 13.9 Å². The molecule has 0 bridgehead atoms. The number of rotatable bonds is 12. The standard InChI is InChI=1S/C26H31ClFN4O7P/c1-17(33)32(30-14-20-9-6-10-22(28)24(20)27)21(12-26(2,3)16-39-40(35,36)37)15-38-25(34)31-23-11-18-7-4-5-8-19(18)13-29-23/h4-11,13,21,30H,12,14-16H2,1-3H3,(H,29,31,34)(H2,35,36,37). The number of anilines is 1. The van der Waals surface area contributed by atoms with Crippen LogP contribution in [0.25, 0.3) is 10.8 Å². The summed E-state index contributed by atoms with van der Waals surface area (Å²) in [5.41, 5.74) is 2.41. The van der Waals surface area contributed by atoms with Crippen LogP contribution in [-0.4, -0.2) is 51.0 Å². The number of carbonyl (C=O) groups excluding carboxylic acids is 2. The summed E-state index contributed by atoms with van der Waals surface area (Å²) in [5.74, 6) is -0.813. The first-order valence-corrected chi connectivity index (χ1v) is 14.1. The second kappa shape index (κ2) is 13.5. The van der Waals surface area contributed by atoms with E-state index in [1.807, 2.05) is 24.3 Å². The van der Waals surface area contributed by atoms with Gasteiger partial charge in [-0.25, -0.2) is 24.2 Å². The van der Waals surface area contributed by atoms with E-state index in [0.717, 1.165) is 10.8 Å². The summed E-state index contributed by atoms with van der Waals surface area (Å²) in [4.78, 5) is 47.8. The molecule has 0 fully saturated rings. The second-order valence-corrected chi connectivity index (χ2v) is 11.5. The van der Waals surface area contributed by atoms with Crippen LogP contribution < -0.4 is 10.7 Å². The number of carbonyl (C=O) groups is 2. The summed E-state index contributed by atoms with van der Waals surface area (Å²) in [6.45, 7) is 3.96. The van der Waals surface area contributed by atoms with Crippen molar-refractivity contribution in [2.75, 3.05) is 18.5 Å². The molecular formula is C26H31ClFN4O7P. The van der Waals surface area contributed by atoms with Crippen molar-refractivity contribution in [3.05, 3.63) is 71.1 Å². The maximum absolute atomic E-state index is 13.9. The molecule has 4 N–H and O–H groups in total. The first-order valence-electron chi connectivity index (χ1n) is 12.2. The predicted molar refractivity (Wildman–Crippen MR) is 148 cm³/mol. The Bertz CT molecular complexity index is 1400. The molecular weight excluding hydrogens is 566 g/mol. The molecule has 216 valence electrons. The van der Waals surface area contributed by atoms with Crippen LogP contribution in [0, 0.1) is 11.2 Å². The Morgan fingerprint density at radius 1 is 1.18 bits per heavy atom. The molecule has 0 aliphatic heterocycles. The van der Waals surface area contributed by atoms with Gasteiger partial charge in [0.1, 0.15) is 18.2 Å². The minimum Gasteiger partial charge on any atom is -0.447 e. The molecule has 0 aliphatic rings. The maximum atomic E-state index is 13.9. The fourth-order valence-corrected chi connectivity index (χ4v) is 4.71. The monoisotopic (exact) mass is 596 g/mol. The van der Waals surface area contributed by atoms with Crippen LogP contribution in [0.15, 0.2) is 54.7 Å². The van der Waals surface area contributed by atoms with E-state index in [9.17, 15) is 18.5 Å². The molecule has 1 heterocycles. The Morgan fingerprint density at radius 3 is 2.55 bits per heavy atom. The highest BCUT2D eigenvalue weighted by Gasteiger charge is 2.32. The molecule has 0 aliphatic carbocycles. The number of benzene rings is 2. The number of hydrogen-bond acceptors (Lipinski definition) is 7. The smallest absolute Gasteiger partial charge is 0.447 e. The lowest BCUT2D eigenvalue weighted by Crippen LogP contribution is -2.52. The van der Waals surface area contributed by atoms with Gasteiger partial charge in [0.05, 0.1) is 17.7 Å². The number of phosphoric ester groups is 1. The Hall–Kier alpha value is -3.12. The van der Waals surface area contributed by atoms with E-state index in [4.69, 9.17) is 26.1 Å². The number of hydrogen-bond donors (Lipinski definition) is 4. The highest BCUT2D eigenvalue weighted by Crippen LogP contribution is 2.39. The average Bonchev–Trinajstić information content (AvgIpc) is 2.87. The van der Waals surface area contributed by atoms with Crippen molar-refractivity contribution in [3.8, 4) is 0 Å². The Balaban J connectivity index is 1.76. The molecule has 14 heteroatoms. The van der Waals surface area contributed by atoms with Crippen LogP contribution in [0.3, 0.4) is 0 Å². The number of phosphoric acid groups is 1. The molecule has 11 nitrogen and oxygen atoms in total. The number of amides is 2. The average molecular weight is 597 g/mol. The quantitative estimate of drug-likeness (QED) is 0.167. The number of nitrogens with one attached hydrogen (secondary N) is 2. The zero-order chi connectivity index (χ0) is 29.5. The van der Waals surface area contributed by atoms with Gasteiger partial charge in [-0.15, -0.1) is 0 Å². The first-order chi connectivity index (χ1) is 18.7. The van der Waals surface area contributed by atoms with Crippen molar-refractivity contribution in [2.24, 2.45) is 5.41 Å². The van der Waals surface area contributed by atoms with E-state index in [0.29, 0.717) is 5.56 Å². The van der Waals surface area contributed by atoms with Gasteiger partial charge in [-0.1, -0.05) is 61.8 Å². The number of pyridine rings is 1. The van der Waals surface area contributed by atoms with Crippen molar-refractivity contribution in [1.82, 2.24) is 15.4 Å². The zero-order valence-electron chi connectivity index (χ0n) is 22.1. The normalized spacial score (nSPS) is 12.7. The van der Waals surface area contributed by atoms with Crippen molar-refractivity contribution in [2.45, 2.75) is 39.8 Å². The lowest BCUT2D eigenvalue weighted by molar-refractivity contribution is -0.137. The van der Waals surface area contributed by atoms with Gasteiger partial charge in [0.2, 0.25) is 5.91 Å². The summed E-state index contributed by atoms with van der Waals surface area (Å²) in [6.07, 6.45) is 0.877. The minimum absolute atomic E-state index is 0.0285. The summed E-state index contributed by atoms with van der Waals surface area (Å²) in [5, 5.41) is 5.41. The molecule has 3 rings (SSSR count). The van der Waals surface area contributed by atoms with Gasteiger partial charge in [-0.05, 0) is 34.9 Å². The van der Waals surface area contributed by atoms with Gasteiger partial charge in [-0.2, -0.15) is 0 Å². The zero-order valence-corrected chi connectivity index (χ0v) is 23.8. The van der Waals surface area contributed by atoms with Crippen LogP contribution >= 0.6 is 19.4 Å². The molecule has 1 unspecified atom stereocenters. The number of ether oxygens (including phenoxy) is 1. The minimum atomic E-state index is -4.75. The molecule has 1 aromatic heterocycles. The van der Waals surface area contributed by atoms with E-state index in [2.05, 4.69) is 20.3 Å². The van der Waals surface area contributed by atoms with E-state index in [1.54, 1.807) is 32.2 Å². The topological polar surface area (TPSA) is 150 Å². The van der Waals surface area contributed by atoms with E-state index in [1.165, 1.54) is 24.1 Å². The molecule has 0 saturated carbocycles. The van der Waals surface area contributed by atoms with Gasteiger partial charge in [0.25, 0.3) is 0 Å². The highest BCUT2D eigenvalue weighted by atomic mass is 35.5. The Kier molecular flexibility index (Phi) is 10.6. The number of fused-ring (bicyclic) bond motifs is 1. The van der Waals surface area contributed by atoms with Gasteiger partial charge in [-0.3, -0.25) is 19.6 Å². The number of aromatic nitrogens is 1. The maximum Gasteiger partial charge on any atom is 0.469 e. The predicted octanol–water partition coefficient (Wildman–Crippen LogP) is 5.02. The summed E-state index contributed by atoms with van der Waals surface area (Å²) in [7, 11) is -4.75. The van der Waals surface area contributed by atoms with Crippen LogP contribution in [0.4, 0.5) is 15.0 Å². The van der Waals surface area contributed by atoms with E-state index < -0.39 is 37.1 Å². The first kappa shape index (κ1) is 31.4. The van der Waals surface area contributed by atoms with Gasteiger partial charge in [0.15, 0.2) is 0 Å². The van der Waals surface area contributed by atoms with E-state index >= 15 is 0 Å². The molecule has 0 saturated heterocycles. The van der Waals surface area contributed by atoms with Crippen LogP contribution in [0.5, 0.6) is 0 Å². The summed E-state index contributed by atoms with van der Waals surface area (Å²) >= 11 is 6.05. The lowest BCUT2D eigenvalue weighted by atomic mass is 9.86. The molecule has 2 amide bonds. The largest absolute Gasteiger partial charge is 0.469 e. The Morgan fingerprint density at radius 2 is 1.88 bits per heavy atom. The second-order valence-electron chi connectivity index (χ2n) is 9.86. The number of halogens is 2. The lowest BCUT2D eigenvalue weighted by Gasteiger charge is -2.36. The molecule has 2 aromatic carbocycles. The third kappa shape index (κ3) is 9.51. The van der Waals surface area contributed by atoms with E-state index in [-0.39, 0.29) is 37.0 Å². The molecule has 0 spiro atoms. The van der Waals surface area contributed by atoms with Crippen molar-refractivity contribution < 1.29 is 37.6 Å². The summed E-state index contributed by atoms with van der Waals surface area (Å²) in [6, 6.07) is 12.6. The molecule has 1 atom stereocenters. The third-order valence-corrected chi connectivity index (χ3v) is 6.74. The van der Waals surface area contributed by atoms with Crippen LogP contribution in [0.2, 0.25) is 5.02 Å². The third-order valence-electron chi connectivity index (χ3n) is 5.86. The SMILES string of the molecule is CC(=O)N(NCc1cccc(F)c1Cl)C(COC(=O)Nc1cc2ccccc2cn1)CC(C)(C)COP(=O)(O)O. The number of hydrazine groups is 1. The summed E-state index contributed by atoms with van der Waals surface area (Å²) < 4.78 is 35.3. The fraction of sp³-hybridized carbons (Fsp3) is 0.346. The fourth-order valence-electron chi connectivity index (χ4n) is 4.00. The van der Waals surface area contributed by atoms with Gasteiger partial charge in [0, 0.05) is 25.1 Å². The van der Waals surface area contributed by atoms with Crippen LogP contribution in [0.1, 0.15) is 32.8 Å². The number of nitrogens with zero attached hydrogens (tertiary/aromatic N) is 2. The molecule has 40 heavy (non-hydrogen) atoms. The van der Waals surface area contributed by atoms with Crippen LogP contribution in [-0.2, 0) is 25.2 Å². The van der Waals surface area contributed by atoms with Crippen molar-refractivity contribution in [3.63, 3.8) is 0 Å². The highest BCUT2D eigenvalue weighted by molar-refractivity contribution is 7.46. The Labute approximate surface area is 235 Å². The van der Waals surface area contributed by atoms with Gasteiger partial charge < -0.3 is 14.5 Å².